The minimum atomic E-state index is -3.68. The van der Waals surface area contributed by atoms with E-state index in [1.165, 1.54) is 28.8 Å². The highest BCUT2D eigenvalue weighted by molar-refractivity contribution is 7.89. The van der Waals surface area contributed by atoms with Gasteiger partial charge in [-0.15, -0.1) is 0 Å². The number of benzene rings is 2. The molecular weight excluding hydrogens is 320 g/mol. The first-order chi connectivity index (χ1) is 11.3. The molecule has 1 aromatic heterocycles. The molecule has 0 bridgehead atoms. The molecule has 0 unspecified atom stereocenters. The number of hydrogen-bond donors (Lipinski definition) is 1. The van der Waals surface area contributed by atoms with Crippen LogP contribution >= 0.6 is 0 Å². The van der Waals surface area contributed by atoms with E-state index in [4.69, 9.17) is 5.14 Å². The van der Waals surface area contributed by atoms with Crippen LogP contribution in [-0.2, 0) is 10.0 Å². The van der Waals surface area contributed by atoms with Gasteiger partial charge in [0.1, 0.15) is 0 Å². The average molecular weight is 340 g/mol. The van der Waals surface area contributed by atoms with Gasteiger partial charge in [0.15, 0.2) is 0 Å². The van der Waals surface area contributed by atoms with Crippen LogP contribution in [0.1, 0.15) is 16.7 Å². The van der Waals surface area contributed by atoms with E-state index in [0.29, 0.717) is 0 Å². The predicted octanol–water partition coefficient (Wildman–Crippen LogP) is 3.72. The summed E-state index contributed by atoms with van der Waals surface area (Å²) < 4.78 is 24.9. The second-order valence-electron chi connectivity index (χ2n) is 6.13. The molecule has 0 atom stereocenters. The van der Waals surface area contributed by atoms with Gasteiger partial charge in [0.05, 0.1) is 10.6 Å². The second-order valence-corrected chi connectivity index (χ2v) is 7.69. The van der Waals surface area contributed by atoms with Crippen molar-refractivity contribution in [1.82, 2.24) is 4.57 Å². The van der Waals surface area contributed by atoms with Crippen LogP contribution in [0.15, 0.2) is 59.6 Å². The van der Waals surface area contributed by atoms with E-state index in [1.54, 1.807) is 12.1 Å². The lowest BCUT2D eigenvalue weighted by atomic mass is 10.0. The number of nitrogens with zero attached hydrogens (tertiary/aromatic N) is 1. The van der Waals surface area contributed by atoms with Crippen LogP contribution in [0.2, 0.25) is 0 Å². The summed E-state index contributed by atoms with van der Waals surface area (Å²) in [7, 11) is -3.68. The van der Waals surface area contributed by atoms with E-state index >= 15 is 0 Å². The maximum Gasteiger partial charge on any atom is 0.238 e. The lowest BCUT2D eigenvalue weighted by Crippen LogP contribution is -2.12. The fourth-order valence-corrected chi connectivity index (χ4v) is 3.34. The lowest BCUT2D eigenvalue weighted by Gasteiger charge is -2.13. The van der Waals surface area contributed by atoms with Crippen molar-refractivity contribution in [3.05, 3.63) is 71.4 Å². The topological polar surface area (TPSA) is 65.1 Å². The summed E-state index contributed by atoms with van der Waals surface area (Å²) in [6.45, 7) is 6.21. The molecule has 3 rings (SSSR count). The minimum Gasteiger partial charge on any atom is -0.316 e. The minimum absolute atomic E-state index is 0.114. The Morgan fingerprint density at radius 1 is 0.875 bits per heavy atom. The Hall–Kier alpha value is -2.37. The molecule has 2 N–H and O–H groups in total. The molecule has 1 heterocycles. The maximum absolute atomic E-state index is 11.4. The average Bonchev–Trinajstić information content (AvgIpc) is 2.91. The first kappa shape index (κ1) is 16.5. The molecule has 0 fully saturated rings. The number of primary sulfonamides is 1. The fourth-order valence-electron chi connectivity index (χ4n) is 2.82. The summed E-state index contributed by atoms with van der Waals surface area (Å²) in [6.07, 6.45) is 2.04. The first-order valence-corrected chi connectivity index (χ1v) is 9.20. The highest BCUT2D eigenvalue weighted by atomic mass is 32.2. The van der Waals surface area contributed by atoms with E-state index in [-0.39, 0.29) is 4.90 Å². The monoisotopic (exact) mass is 340 g/mol. The van der Waals surface area contributed by atoms with Crippen molar-refractivity contribution < 1.29 is 8.42 Å². The van der Waals surface area contributed by atoms with E-state index in [0.717, 1.165) is 16.9 Å². The van der Waals surface area contributed by atoms with Gasteiger partial charge in [-0.25, -0.2) is 13.6 Å². The van der Waals surface area contributed by atoms with Crippen LogP contribution in [0.4, 0.5) is 0 Å². The Morgan fingerprint density at radius 2 is 1.54 bits per heavy atom. The molecular formula is C19H20N2O2S. The Labute approximate surface area is 142 Å². The number of rotatable bonds is 3. The van der Waals surface area contributed by atoms with Crippen LogP contribution in [0.25, 0.3) is 16.9 Å². The molecule has 0 aliphatic carbocycles. The summed E-state index contributed by atoms with van der Waals surface area (Å²) in [5.41, 5.74) is 6.68. The zero-order valence-electron chi connectivity index (χ0n) is 13.9. The molecule has 0 amide bonds. The first-order valence-electron chi connectivity index (χ1n) is 7.65. The molecule has 4 nitrogen and oxygen atoms in total. The van der Waals surface area contributed by atoms with Gasteiger partial charge in [-0.3, -0.25) is 0 Å². The summed E-state index contributed by atoms with van der Waals surface area (Å²) in [4.78, 5) is 0.114. The van der Waals surface area contributed by atoms with Gasteiger partial charge in [-0.05, 0) is 68.3 Å². The van der Waals surface area contributed by atoms with Gasteiger partial charge in [0, 0.05) is 17.4 Å². The normalized spacial score (nSPS) is 11.7. The SMILES string of the molecule is Cc1ccc(C)c(-c2cc(C)cn2-c2ccc(S(N)(=O)=O)cc2)c1. The highest BCUT2D eigenvalue weighted by Crippen LogP contribution is 2.29. The van der Waals surface area contributed by atoms with Gasteiger partial charge < -0.3 is 4.57 Å². The smallest absolute Gasteiger partial charge is 0.238 e. The Kier molecular flexibility index (Phi) is 4.07. The Balaban J connectivity index is 2.15. The molecule has 0 aliphatic heterocycles. The van der Waals surface area contributed by atoms with Crippen LogP contribution < -0.4 is 5.14 Å². The largest absolute Gasteiger partial charge is 0.316 e. The Bertz CT molecular complexity index is 1000. The van der Waals surface area contributed by atoms with Gasteiger partial charge in [0.25, 0.3) is 0 Å². The maximum atomic E-state index is 11.4. The van der Waals surface area contributed by atoms with Crippen LogP contribution in [0, 0.1) is 20.8 Å². The number of sulfonamides is 1. The summed E-state index contributed by atoms with van der Waals surface area (Å²) in [6, 6.07) is 15.1. The second kappa shape index (κ2) is 5.92. The van der Waals surface area contributed by atoms with Crippen molar-refractivity contribution in [3.63, 3.8) is 0 Å². The molecule has 0 radical (unpaired) electrons. The zero-order chi connectivity index (χ0) is 17.5. The van der Waals surface area contributed by atoms with Gasteiger partial charge >= 0.3 is 0 Å². The van der Waals surface area contributed by atoms with Crippen LogP contribution in [0.3, 0.4) is 0 Å². The molecule has 2 aromatic carbocycles. The van der Waals surface area contributed by atoms with Crippen molar-refractivity contribution >= 4 is 10.0 Å². The zero-order valence-corrected chi connectivity index (χ0v) is 14.8. The molecule has 5 heteroatoms. The van der Waals surface area contributed by atoms with Crippen molar-refractivity contribution in [2.75, 3.05) is 0 Å². The van der Waals surface area contributed by atoms with E-state index in [1.807, 2.05) is 13.1 Å². The lowest BCUT2D eigenvalue weighted by molar-refractivity contribution is 0.598. The predicted molar refractivity (Wildman–Crippen MR) is 96.8 cm³/mol. The number of nitrogens with two attached hydrogens (primary N) is 1. The highest BCUT2D eigenvalue weighted by Gasteiger charge is 2.12. The van der Waals surface area contributed by atoms with Crippen molar-refractivity contribution in [1.29, 1.82) is 0 Å². The van der Waals surface area contributed by atoms with E-state index in [2.05, 4.69) is 42.7 Å². The summed E-state index contributed by atoms with van der Waals surface area (Å²) >= 11 is 0. The standard InChI is InChI=1S/C19H20N2O2S/c1-13-4-5-15(3)18(10-13)19-11-14(2)12-21(19)16-6-8-17(9-7-16)24(20,22)23/h4-12H,1-3H3,(H2,20,22,23). The molecule has 3 aromatic rings. The molecule has 0 spiro atoms. The number of aromatic nitrogens is 1. The van der Waals surface area contributed by atoms with Crippen molar-refractivity contribution in [2.24, 2.45) is 5.14 Å². The molecule has 0 saturated heterocycles. The van der Waals surface area contributed by atoms with E-state index < -0.39 is 10.0 Å². The third-order valence-electron chi connectivity index (χ3n) is 4.07. The van der Waals surface area contributed by atoms with Gasteiger partial charge in [-0.2, -0.15) is 0 Å². The fraction of sp³-hybridized carbons (Fsp3) is 0.158. The summed E-state index contributed by atoms with van der Waals surface area (Å²) in [5, 5.41) is 5.17. The third-order valence-corrected chi connectivity index (χ3v) is 5.00. The van der Waals surface area contributed by atoms with Gasteiger partial charge in [-0.1, -0.05) is 17.7 Å². The van der Waals surface area contributed by atoms with Crippen LogP contribution in [0.5, 0.6) is 0 Å². The van der Waals surface area contributed by atoms with Gasteiger partial charge in [0.2, 0.25) is 10.0 Å². The number of aryl methyl sites for hydroxylation is 3. The summed E-state index contributed by atoms with van der Waals surface area (Å²) in [5.74, 6) is 0. The molecule has 24 heavy (non-hydrogen) atoms. The molecule has 0 saturated carbocycles. The van der Waals surface area contributed by atoms with Crippen molar-refractivity contribution in [3.8, 4) is 16.9 Å². The van der Waals surface area contributed by atoms with Crippen molar-refractivity contribution in [2.45, 2.75) is 25.7 Å². The van der Waals surface area contributed by atoms with Crippen LogP contribution in [-0.4, -0.2) is 13.0 Å². The molecule has 124 valence electrons. The number of hydrogen-bond acceptors (Lipinski definition) is 2. The molecule has 0 aliphatic rings. The Morgan fingerprint density at radius 3 is 2.17 bits per heavy atom. The quantitative estimate of drug-likeness (QED) is 0.790. The third kappa shape index (κ3) is 3.13. The van der Waals surface area contributed by atoms with E-state index in [9.17, 15) is 8.42 Å².